The summed E-state index contributed by atoms with van der Waals surface area (Å²) in [5.41, 5.74) is -0.0162. The number of halogens is 1. The first kappa shape index (κ1) is 21.9. The van der Waals surface area contributed by atoms with Gasteiger partial charge in [-0.1, -0.05) is 49.0 Å². The van der Waals surface area contributed by atoms with E-state index in [0.717, 1.165) is 38.5 Å². The average Bonchev–Trinajstić information content (AvgIpc) is 3.08. The molecule has 0 unspecified atom stereocenters. The molecule has 2 N–H and O–H groups in total. The van der Waals surface area contributed by atoms with Crippen molar-refractivity contribution in [3.05, 3.63) is 47.4 Å². The second kappa shape index (κ2) is 10.3. The first-order valence-electron chi connectivity index (χ1n) is 10.6. The fourth-order valence-electron chi connectivity index (χ4n) is 3.97. The molecule has 1 aromatic heterocycles. The van der Waals surface area contributed by atoms with E-state index in [1.54, 1.807) is 18.2 Å². The largest absolute Gasteiger partial charge is 0.356 e. The van der Waals surface area contributed by atoms with Gasteiger partial charge in [0, 0.05) is 26.3 Å². The number of nitrogens with zero attached hydrogens (tertiary/aromatic N) is 2. The van der Waals surface area contributed by atoms with Gasteiger partial charge >= 0.3 is 0 Å². The fraction of sp³-hybridized carbons (Fsp3) is 0.545. The number of carbonyl (C=O) groups is 2. The van der Waals surface area contributed by atoms with Gasteiger partial charge in [0.1, 0.15) is 11.4 Å². The van der Waals surface area contributed by atoms with Crippen molar-refractivity contribution in [2.45, 2.75) is 70.3 Å². The Labute approximate surface area is 175 Å². The fourth-order valence-corrected chi connectivity index (χ4v) is 3.97. The Kier molecular flexibility index (Phi) is 7.54. The number of amides is 2. The van der Waals surface area contributed by atoms with E-state index in [9.17, 15) is 14.0 Å². The Hall–Kier alpha value is -2.77. The van der Waals surface area contributed by atoms with E-state index >= 15 is 0 Å². The molecule has 2 amide bonds. The molecule has 8 heteroatoms. The summed E-state index contributed by atoms with van der Waals surface area (Å²) >= 11 is 0. The molecule has 0 bridgehead atoms. The lowest BCUT2D eigenvalue weighted by Gasteiger charge is -2.30. The Balaban J connectivity index is 1.52. The first-order valence-corrected chi connectivity index (χ1v) is 10.6. The van der Waals surface area contributed by atoms with Crippen LogP contribution in [-0.4, -0.2) is 28.5 Å². The van der Waals surface area contributed by atoms with Crippen LogP contribution in [0.2, 0.25) is 0 Å². The zero-order valence-corrected chi connectivity index (χ0v) is 17.4. The number of aryl methyl sites for hydroxylation is 1. The summed E-state index contributed by atoms with van der Waals surface area (Å²) in [6.45, 7) is 1.86. The number of carbonyl (C=O) groups excluding carboxylic acids is 2. The molecule has 162 valence electrons. The van der Waals surface area contributed by atoms with Crippen LogP contribution in [0.4, 0.5) is 4.39 Å². The third-order valence-electron chi connectivity index (χ3n) is 5.51. The van der Waals surface area contributed by atoms with Crippen LogP contribution in [0.1, 0.15) is 69.1 Å². The van der Waals surface area contributed by atoms with Gasteiger partial charge in [0.05, 0.1) is 0 Å². The summed E-state index contributed by atoms with van der Waals surface area (Å²) in [4.78, 5) is 28.4. The van der Waals surface area contributed by atoms with Gasteiger partial charge in [-0.15, -0.1) is 0 Å². The highest BCUT2D eigenvalue weighted by Crippen LogP contribution is 2.34. The van der Waals surface area contributed by atoms with Gasteiger partial charge in [-0.3, -0.25) is 9.59 Å². The van der Waals surface area contributed by atoms with Gasteiger partial charge in [0.25, 0.3) is 0 Å². The maximum atomic E-state index is 13.6. The molecule has 2 aromatic rings. The van der Waals surface area contributed by atoms with Crippen LogP contribution in [0, 0.1) is 5.82 Å². The molecule has 1 saturated carbocycles. The van der Waals surface area contributed by atoms with Crippen LogP contribution in [0.25, 0.3) is 0 Å². The molecule has 1 aliphatic carbocycles. The van der Waals surface area contributed by atoms with Crippen LogP contribution < -0.4 is 10.6 Å². The molecular formula is C22H29FN4O3. The first-order chi connectivity index (χ1) is 14.5. The number of aromatic nitrogens is 2. The average molecular weight is 416 g/mol. The molecule has 0 saturated heterocycles. The Morgan fingerprint density at radius 3 is 2.57 bits per heavy atom. The second-order valence-corrected chi connectivity index (χ2v) is 7.88. The maximum absolute atomic E-state index is 13.6. The standard InChI is InChI=1S/C22H29FN4O3/c1-16(28)26-22(13-6-2-3-7-14-22)21-25-20(30-27-21)11-10-19(29)24-15-12-17-8-4-5-9-18(17)23/h4-5,8-9H,2-3,6-7,10-15H2,1H3,(H,24,29)(H,26,28). The van der Waals surface area contributed by atoms with Crippen LogP contribution in [-0.2, 0) is 28.0 Å². The lowest BCUT2D eigenvalue weighted by Crippen LogP contribution is -2.45. The molecule has 1 heterocycles. The van der Waals surface area contributed by atoms with Gasteiger partial charge in [-0.25, -0.2) is 4.39 Å². The second-order valence-electron chi connectivity index (χ2n) is 7.88. The van der Waals surface area contributed by atoms with Gasteiger partial charge in [0.2, 0.25) is 17.7 Å². The summed E-state index contributed by atoms with van der Waals surface area (Å²) in [7, 11) is 0. The van der Waals surface area contributed by atoms with Crippen molar-refractivity contribution in [3.8, 4) is 0 Å². The van der Waals surface area contributed by atoms with E-state index in [2.05, 4.69) is 20.8 Å². The van der Waals surface area contributed by atoms with Crippen molar-refractivity contribution in [3.63, 3.8) is 0 Å². The third-order valence-corrected chi connectivity index (χ3v) is 5.51. The van der Waals surface area contributed by atoms with Crippen LogP contribution in [0.5, 0.6) is 0 Å². The molecular weight excluding hydrogens is 387 g/mol. The molecule has 7 nitrogen and oxygen atoms in total. The van der Waals surface area contributed by atoms with E-state index in [-0.39, 0.29) is 24.1 Å². The third kappa shape index (κ3) is 5.87. The van der Waals surface area contributed by atoms with Gasteiger partial charge in [-0.2, -0.15) is 4.98 Å². The van der Waals surface area contributed by atoms with E-state index in [1.165, 1.54) is 13.0 Å². The quantitative estimate of drug-likeness (QED) is 0.644. The molecule has 0 spiro atoms. The molecule has 1 aliphatic rings. The summed E-state index contributed by atoms with van der Waals surface area (Å²) in [5, 5.41) is 9.95. The highest BCUT2D eigenvalue weighted by molar-refractivity contribution is 5.76. The minimum atomic E-state index is -0.591. The number of rotatable bonds is 8. The molecule has 0 radical (unpaired) electrons. The maximum Gasteiger partial charge on any atom is 0.227 e. The number of nitrogens with one attached hydrogen (secondary N) is 2. The van der Waals surface area contributed by atoms with E-state index < -0.39 is 5.54 Å². The molecule has 0 aliphatic heterocycles. The Morgan fingerprint density at radius 2 is 1.87 bits per heavy atom. The van der Waals surface area contributed by atoms with E-state index in [0.29, 0.717) is 36.7 Å². The zero-order valence-electron chi connectivity index (χ0n) is 17.4. The monoisotopic (exact) mass is 416 g/mol. The minimum absolute atomic E-state index is 0.113. The highest BCUT2D eigenvalue weighted by atomic mass is 19.1. The zero-order chi connectivity index (χ0) is 21.4. The predicted octanol–water partition coefficient (Wildman–Crippen LogP) is 3.19. The summed E-state index contributed by atoms with van der Waals surface area (Å²) < 4.78 is 19.0. The number of benzene rings is 1. The van der Waals surface area contributed by atoms with Crippen molar-refractivity contribution in [1.29, 1.82) is 0 Å². The highest BCUT2D eigenvalue weighted by Gasteiger charge is 2.38. The summed E-state index contributed by atoms with van der Waals surface area (Å²) in [6, 6.07) is 6.53. The van der Waals surface area contributed by atoms with Crippen molar-refractivity contribution in [2.24, 2.45) is 0 Å². The van der Waals surface area contributed by atoms with Crippen molar-refractivity contribution in [1.82, 2.24) is 20.8 Å². The normalized spacial score (nSPS) is 15.9. The number of hydrogen-bond acceptors (Lipinski definition) is 5. The Bertz CT molecular complexity index is 860. The predicted molar refractivity (Wildman–Crippen MR) is 109 cm³/mol. The van der Waals surface area contributed by atoms with Gasteiger partial charge in [0.15, 0.2) is 5.82 Å². The lowest BCUT2D eigenvalue weighted by molar-refractivity contribution is -0.122. The molecule has 3 rings (SSSR count). The topological polar surface area (TPSA) is 97.1 Å². The molecule has 0 atom stereocenters. The van der Waals surface area contributed by atoms with Crippen molar-refractivity contribution < 1.29 is 18.5 Å². The molecule has 30 heavy (non-hydrogen) atoms. The summed E-state index contributed by atoms with van der Waals surface area (Å²) in [6.07, 6.45) is 6.74. The lowest BCUT2D eigenvalue weighted by atomic mass is 9.89. The SMILES string of the molecule is CC(=O)NC1(c2noc(CCC(=O)NCCc3ccccc3F)n2)CCCCCC1. The van der Waals surface area contributed by atoms with Crippen LogP contribution in [0.15, 0.2) is 28.8 Å². The smallest absolute Gasteiger partial charge is 0.227 e. The molecule has 1 aromatic carbocycles. The number of hydrogen-bond donors (Lipinski definition) is 2. The minimum Gasteiger partial charge on any atom is -0.356 e. The summed E-state index contributed by atoms with van der Waals surface area (Å²) in [5.74, 6) is 0.337. The molecule has 1 fully saturated rings. The van der Waals surface area contributed by atoms with Gasteiger partial charge < -0.3 is 15.2 Å². The van der Waals surface area contributed by atoms with Crippen LogP contribution >= 0.6 is 0 Å². The van der Waals surface area contributed by atoms with E-state index in [4.69, 9.17) is 4.52 Å². The Morgan fingerprint density at radius 1 is 1.13 bits per heavy atom. The van der Waals surface area contributed by atoms with E-state index in [1.807, 2.05) is 0 Å². The van der Waals surface area contributed by atoms with Crippen LogP contribution in [0.3, 0.4) is 0 Å². The van der Waals surface area contributed by atoms with Gasteiger partial charge in [-0.05, 0) is 30.9 Å². The van der Waals surface area contributed by atoms with Crippen molar-refractivity contribution in [2.75, 3.05) is 6.54 Å². The van der Waals surface area contributed by atoms with Crippen molar-refractivity contribution >= 4 is 11.8 Å².